The van der Waals surface area contributed by atoms with E-state index in [1.807, 2.05) is 10.8 Å². The normalized spacial score (nSPS) is 10.6. The predicted molar refractivity (Wildman–Crippen MR) is 71.3 cm³/mol. The second kappa shape index (κ2) is 6.17. The number of aromatic amines is 1. The van der Waals surface area contributed by atoms with Gasteiger partial charge in [-0.3, -0.25) is 4.79 Å². The quantitative estimate of drug-likeness (QED) is 0.850. The molecule has 1 N–H and O–H groups in total. The molecule has 0 aliphatic rings. The third kappa shape index (κ3) is 3.43. The molecule has 0 saturated carbocycles. The lowest BCUT2D eigenvalue weighted by Gasteiger charge is -2.16. The average Bonchev–Trinajstić information content (AvgIpc) is 3.06. The number of carbonyl (C=O) groups is 1. The SMILES string of the molecule is CCc1nccn1CCC(=O)N(C)Cc1ncc[nH]1. The van der Waals surface area contributed by atoms with Crippen LogP contribution >= 0.6 is 0 Å². The van der Waals surface area contributed by atoms with Gasteiger partial charge in [0.25, 0.3) is 0 Å². The number of amides is 1. The molecule has 6 heteroatoms. The van der Waals surface area contributed by atoms with E-state index in [9.17, 15) is 4.79 Å². The fourth-order valence-electron chi connectivity index (χ4n) is 1.96. The molecular weight excluding hydrogens is 242 g/mol. The van der Waals surface area contributed by atoms with Gasteiger partial charge in [0.2, 0.25) is 5.91 Å². The fraction of sp³-hybridized carbons (Fsp3) is 0.462. The zero-order valence-electron chi connectivity index (χ0n) is 11.3. The molecule has 0 fully saturated rings. The summed E-state index contributed by atoms with van der Waals surface area (Å²) in [7, 11) is 1.79. The Kier molecular flexibility index (Phi) is 4.33. The second-order valence-corrected chi connectivity index (χ2v) is 4.43. The van der Waals surface area contributed by atoms with Crippen molar-refractivity contribution < 1.29 is 4.79 Å². The molecule has 0 spiro atoms. The molecule has 19 heavy (non-hydrogen) atoms. The number of nitrogens with zero attached hydrogens (tertiary/aromatic N) is 4. The Morgan fingerprint density at radius 1 is 1.42 bits per heavy atom. The average molecular weight is 261 g/mol. The van der Waals surface area contributed by atoms with E-state index >= 15 is 0 Å². The van der Waals surface area contributed by atoms with E-state index in [2.05, 4.69) is 21.9 Å². The molecule has 1 amide bonds. The monoisotopic (exact) mass is 261 g/mol. The molecule has 0 radical (unpaired) electrons. The van der Waals surface area contributed by atoms with Gasteiger partial charge in [0, 0.05) is 51.2 Å². The third-order valence-electron chi connectivity index (χ3n) is 3.05. The summed E-state index contributed by atoms with van der Waals surface area (Å²) in [5.41, 5.74) is 0. The van der Waals surface area contributed by atoms with Crippen LogP contribution in [0.1, 0.15) is 25.0 Å². The van der Waals surface area contributed by atoms with Crippen LogP contribution in [0, 0.1) is 0 Å². The number of imidazole rings is 2. The lowest BCUT2D eigenvalue weighted by atomic mass is 10.3. The van der Waals surface area contributed by atoms with Gasteiger partial charge in [-0.2, -0.15) is 0 Å². The highest BCUT2D eigenvalue weighted by Crippen LogP contribution is 2.03. The Morgan fingerprint density at radius 3 is 2.95 bits per heavy atom. The van der Waals surface area contributed by atoms with Crippen molar-refractivity contribution in [3.05, 3.63) is 36.4 Å². The number of H-pyrrole nitrogens is 1. The molecular formula is C13H19N5O. The Labute approximate surface area is 112 Å². The van der Waals surface area contributed by atoms with Crippen LogP contribution in [0.4, 0.5) is 0 Å². The lowest BCUT2D eigenvalue weighted by molar-refractivity contribution is -0.130. The lowest BCUT2D eigenvalue weighted by Crippen LogP contribution is -2.27. The Balaban J connectivity index is 1.84. The zero-order chi connectivity index (χ0) is 13.7. The van der Waals surface area contributed by atoms with Gasteiger partial charge >= 0.3 is 0 Å². The van der Waals surface area contributed by atoms with Gasteiger partial charge in [0.15, 0.2) is 0 Å². The van der Waals surface area contributed by atoms with E-state index in [-0.39, 0.29) is 5.91 Å². The van der Waals surface area contributed by atoms with Gasteiger partial charge in [0.1, 0.15) is 11.6 Å². The number of carbonyl (C=O) groups excluding carboxylic acids is 1. The zero-order valence-corrected chi connectivity index (χ0v) is 11.3. The van der Waals surface area contributed by atoms with Crippen LogP contribution in [-0.4, -0.2) is 37.4 Å². The van der Waals surface area contributed by atoms with E-state index in [1.54, 1.807) is 30.5 Å². The Hall–Kier alpha value is -2.11. The first-order valence-electron chi connectivity index (χ1n) is 6.43. The maximum atomic E-state index is 12.0. The smallest absolute Gasteiger partial charge is 0.224 e. The molecule has 102 valence electrons. The van der Waals surface area contributed by atoms with Crippen molar-refractivity contribution >= 4 is 5.91 Å². The molecule has 0 aliphatic heterocycles. The summed E-state index contributed by atoms with van der Waals surface area (Å²) < 4.78 is 2.03. The van der Waals surface area contributed by atoms with E-state index in [1.165, 1.54) is 0 Å². The van der Waals surface area contributed by atoms with Gasteiger partial charge in [-0.15, -0.1) is 0 Å². The summed E-state index contributed by atoms with van der Waals surface area (Å²) in [6.45, 7) is 3.24. The fourth-order valence-corrected chi connectivity index (χ4v) is 1.96. The number of aryl methyl sites for hydroxylation is 2. The predicted octanol–water partition coefficient (Wildman–Crippen LogP) is 1.22. The number of hydrogen-bond donors (Lipinski definition) is 1. The van der Waals surface area contributed by atoms with Gasteiger partial charge in [-0.1, -0.05) is 6.92 Å². The van der Waals surface area contributed by atoms with Crippen LogP contribution in [0.2, 0.25) is 0 Å². The maximum absolute atomic E-state index is 12.0. The molecule has 2 rings (SSSR count). The van der Waals surface area contributed by atoms with Crippen LogP contribution in [0.5, 0.6) is 0 Å². The van der Waals surface area contributed by atoms with Crippen LogP contribution < -0.4 is 0 Å². The molecule has 2 heterocycles. The number of aromatic nitrogens is 4. The summed E-state index contributed by atoms with van der Waals surface area (Å²) in [5, 5.41) is 0. The topological polar surface area (TPSA) is 66.8 Å². The highest BCUT2D eigenvalue weighted by atomic mass is 16.2. The number of hydrogen-bond acceptors (Lipinski definition) is 3. The summed E-state index contributed by atoms with van der Waals surface area (Å²) in [5.74, 6) is 1.92. The molecule has 0 bridgehead atoms. The highest BCUT2D eigenvalue weighted by molar-refractivity contribution is 5.75. The molecule has 0 saturated heterocycles. The summed E-state index contributed by atoms with van der Waals surface area (Å²) in [6.07, 6.45) is 8.48. The molecule has 0 unspecified atom stereocenters. The van der Waals surface area contributed by atoms with Crippen molar-refractivity contribution in [2.75, 3.05) is 7.05 Å². The van der Waals surface area contributed by atoms with Crippen molar-refractivity contribution in [2.45, 2.75) is 32.9 Å². The van der Waals surface area contributed by atoms with Crippen LogP contribution in [-0.2, 0) is 24.3 Å². The number of nitrogens with one attached hydrogen (secondary N) is 1. The summed E-state index contributed by atoms with van der Waals surface area (Å²) in [6, 6.07) is 0. The Morgan fingerprint density at radius 2 is 2.26 bits per heavy atom. The van der Waals surface area contributed by atoms with Crippen LogP contribution in [0.25, 0.3) is 0 Å². The molecule has 0 atom stereocenters. The number of rotatable bonds is 6. The van der Waals surface area contributed by atoms with Crippen LogP contribution in [0.3, 0.4) is 0 Å². The summed E-state index contributed by atoms with van der Waals surface area (Å²) >= 11 is 0. The van der Waals surface area contributed by atoms with Crippen LogP contribution in [0.15, 0.2) is 24.8 Å². The van der Waals surface area contributed by atoms with Crippen molar-refractivity contribution in [1.29, 1.82) is 0 Å². The first kappa shape index (κ1) is 13.3. The van der Waals surface area contributed by atoms with E-state index in [4.69, 9.17) is 0 Å². The first-order chi connectivity index (χ1) is 9.20. The van der Waals surface area contributed by atoms with Crippen molar-refractivity contribution in [2.24, 2.45) is 0 Å². The molecule has 2 aromatic rings. The van der Waals surface area contributed by atoms with Crippen molar-refractivity contribution in [3.63, 3.8) is 0 Å². The van der Waals surface area contributed by atoms with Crippen molar-refractivity contribution in [1.82, 2.24) is 24.4 Å². The van der Waals surface area contributed by atoms with Gasteiger partial charge in [0.05, 0.1) is 6.54 Å². The standard InChI is InChI=1S/C13H19N5O/c1-3-12-16-7-9-18(12)8-4-13(19)17(2)10-11-14-5-6-15-11/h5-7,9H,3-4,8,10H2,1-2H3,(H,14,15). The first-order valence-corrected chi connectivity index (χ1v) is 6.43. The maximum Gasteiger partial charge on any atom is 0.224 e. The van der Waals surface area contributed by atoms with Gasteiger partial charge in [-0.05, 0) is 0 Å². The second-order valence-electron chi connectivity index (χ2n) is 4.43. The largest absolute Gasteiger partial charge is 0.347 e. The van der Waals surface area contributed by atoms with E-state index < -0.39 is 0 Å². The third-order valence-corrected chi connectivity index (χ3v) is 3.05. The van der Waals surface area contributed by atoms with Gasteiger partial charge < -0.3 is 14.5 Å². The molecule has 6 nitrogen and oxygen atoms in total. The van der Waals surface area contributed by atoms with Gasteiger partial charge in [-0.25, -0.2) is 9.97 Å². The molecule has 0 aromatic carbocycles. The highest BCUT2D eigenvalue weighted by Gasteiger charge is 2.11. The minimum absolute atomic E-state index is 0.104. The minimum atomic E-state index is 0.104. The molecule has 2 aromatic heterocycles. The Bertz CT molecular complexity index is 517. The molecule has 0 aliphatic carbocycles. The minimum Gasteiger partial charge on any atom is -0.347 e. The van der Waals surface area contributed by atoms with E-state index in [0.717, 1.165) is 18.1 Å². The summed E-state index contributed by atoms with van der Waals surface area (Å²) in [4.78, 5) is 25.0. The van der Waals surface area contributed by atoms with E-state index in [0.29, 0.717) is 19.5 Å². The van der Waals surface area contributed by atoms with Crippen molar-refractivity contribution in [3.8, 4) is 0 Å².